The highest BCUT2D eigenvalue weighted by Crippen LogP contribution is 2.43. The largest absolute Gasteiger partial charge is 0.444 e. The number of ether oxygens (including phenoxy) is 1. The van der Waals surface area contributed by atoms with Gasteiger partial charge in [-0.3, -0.25) is 4.18 Å². The summed E-state index contributed by atoms with van der Waals surface area (Å²) >= 11 is 1.95. The van der Waals surface area contributed by atoms with E-state index in [1.165, 1.54) is 0 Å². The fraction of sp³-hybridized carbons (Fsp3) is 0.900. The molecule has 0 spiro atoms. The molecule has 6 nitrogen and oxygen atoms in total. The predicted molar refractivity (Wildman–Crippen MR) is 75.1 cm³/mol. The van der Waals surface area contributed by atoms with Crippen LogP contribution < -0.4 is 5.32 Å². The highest BCUT2D eigenvalue weighted by atomic mass is 127. The summed E-state index contributed by atoms with van der Waals surface area (Å²) in [6.45, 7) is 5.34. The van der Waals surface area contributed by atoms with Crippen LogP contribution in [0.15, 0.2) is 0 Å². The monoisotopic (exact) mass is 391 g/mol. The molecule has 0 aromatic heterocycles. The lowest BCUT2D eigenvalue weighted by Crippen LogP contribution is -2.54. The Morgan fingerprint density at radius 2 is 1.89 bits per heavy atom. The molecule has 8 heteroatoms. The minimum Gasteiger partial charge on any atom is -0.444 e. The molecule has 0 aliphatic heterocycles. The van der Waals surface area contributed by atoms with E-state index >= 15 is 0 Å². The van der Waals surface area contributed by atoms with Crippen LogP contribution in [0.2, 0.25) is 0 Å². The minimum atomic E-state index is -3.47. The van der Waals surface area contributed by atoms with Crippen molar-refractivity contribution in [3.8, 4) is 0 Å². The zero-order valence-corrected chi connectivity index (χ0v) is 13.8. The van der Waals surface area contributed by atoms with Crippen molar-refractivity contribution in [2.45, 2.75) is 48.9 Å². The third-order valence-electron chi connectivity index (χ3n) is 2.12. The molecule has 1 saturated carbocycles. The van der Waals surface area contributed by atoms with E-state index in [1.807, 2.05) is 22.6 Å². The van der Waals surface area contributed by atoms with Crippen LogP contribution in [0, 0.1) is 0 Å². The van der Waals surface area contributed by atoms with Gasteiger partial charge in [-0.15, -0.1) is 0 Å². The number of nitrogens with one attached hydrogen (secondary N) is 1. The van der Waals surface area contributed by atoms with E-state index in [1.54, 1.807) is 20.8 Å². The lowest BCUT2D eigenvalue weighted by molar-refractivity contribution is 0.0341. The third kappa shape index (κ3) is 5.70. The molecule has 0 aromatic carbocycles. The molecule has 1 rings (SSSR count). The molecule has 1 fully saturated rings. The maximum atomic E-state index is 11.5. The number of alkyl carbamates (subject to hydrolysis) is 1. The molecule has 0 aromatic rings. The number of rotatable bonds is 3. The first-order chi connectivity index (χ1) is 7.89. The van der Waals surface area contributed by atoms with Gasteiger partial charge in [0.1, 0.15) is 9.21 Å². The van der Waals surface area contributed by atoms with E-state index < -0.39 is 25.4 Å². The molecule has 1 amide bonds. The van der Waals surface area contributed by atoms with Crippen molar-refractivity contribution in [1.82, 2.24) is 5.32 Å². The second-order valence-electron chi connectivity index (χ2n) is 5.42. The van der Waals surface area contributed by atoms with E-state index in [9.17, 15) is 13.2 Å². The van der Waals surface area contributed by atoms with Crippen LogP contribution in [0.5, 0.6) is 0 Å². The number of amides is 1. The molecule has 0 bridgehead atoms. The smallest absolute Gasteiger partial charge is 0.407 e. The number of halogens is 1. The summed E-state index contributed by atoms with van der Waals surface area (Å²) in [5.74, 6) is 0. The first-order valence-electron chi connectivity index (χ1n) is 5.48. The Labute approximate surface area is 121 Å². The molecule has 1 aliphatic rings. The van der Waals surface area contributed by atoms with Gasteiger partial charge in [-0.1, -0.05) is 0 Å². The van der Waals surface area contributed by atoms with Gasteiger partial charge in [0.15, 0.2) is 0 Å². The molecular formula is C10H18INO5S. The van der Waals surface area contributed by atoms with E-state index in [0.717, 1.165) is 6.26 Å². The van der Waals surface area contributed by atoms with Crippen LogP contribution in [0.1, 0.15) is 33.6 Å². The van der Waals surface area contributed by atoms with E-state index in [4.69, 9.17) is 8.92 Å². The lowest BCUT2D eigenvalue weighted by atomic mass is 9.89. The molecule has 0 radical (unpaired) electrons. The summed E-state index contributed by atoms with van der Waals surface area (Å²) in [5, 5.41) is 2.67. The number of carbonyl (C=O) groups excluding carboxylic acids is 1. The molecule has 1 aliphatic carbocycles. The number of carbonyl (C=O) groups is 1. The predicted octanol–water partition coefficient (Wildman–Crippen LogP) is 1.78. The maximum Gasteiger partial charge on any atom is 0.407 e. The summed E-state index contributed by atoms with van der Waals surface area (Å²) in [7, 11) is -3.47. The summed E-state index contributed by atoms with van der Waals surface area (Å²) < 4.78 is 31.3. The van der Waals surface area contributed by atoms with Gasteiger partial charge in [-0.05, 0) is 43.4 Å². The van der Waals surface area contributed by atoms with Crippen LogP contribution in [0.25, 0.3) is 0 Å². The fourth-order valence-electron chi connectivity index (χ4n) is 1.59. The Kier molecular flexibility index (Phi) is 4.54. The van der Waals surface area contributed by atoms with Crippen molar-refractivity contribution >= 4 is 38.8 Å². The van der Waals surface area contributed by atoms with Crippen molar-refractivity contribution in [2.24, 2.45) is 0 Å². The highest BCUT2D eigenvalue weighted by molar-refractivity contribution is 14.1. The number of hydrogen-bond donors (Lipinski definition) is 1. The third-order valence-corrected chi connectivity index (χ3v) is 4.15. The van der Waals surface area contributed by atoms with Gasteiger partial charge in [0, 0.05) is 18.9 Å². The summed E-state index contributed by atoms with van der Waals surface area (Å²) in [4.78, 5) is 11.5. The van der Waals surface area contributed by atoms with E-state index in [0.29, 0.717) is 12.8 Å². The Balaban J connectivity index is 2.37. The van der Waals surface area contributed by atoms with Crippen LogP contribution in [0.4, 0.5) is 4.79 Å². The second kappa shape index (κ2) is 5.12. The highest BCUT2D eigenvalue weighted by Gasteiger charge is 2.46. The van der Waals surface area contributed by atoms with Gasteiger partial charge < -0.3 is 10.1 Å². The quantitative estimate of drug-likeness (QED) is 0.451. The molecule has 0 unspecified atom stereocenters. The van der Waals surface area contributed by atoms with Crippen LogP contribution in [-0.2, 0) is 19.0 Å². The van der Waals surface area contributed by atoms with Gasteiger partial charge in [0.05, 0.1) is 6.26 Å². The Bertz CT molecular complexity index is 422. The van der Waals surface area contributed by atoms with Gasteiger partial charge in [-0.2, -0.15) is 8.42 Å². The van der Waals surface area contributed by atoms with Gasteiger partial charge in [0.25, 0.3) is 10.1 Å². The van der Waals surface area contributed by atoms with E-state index in [-0.39, 0.29) is 6.04 Å². The van der Waals surface area contributed by atoms with E-state index in [2.05, 4.69) is 5.32 Å². The summed E-state index contributed by atoms with van der Waals surface area (Å²) in [6, 6.07) is -0.113. The van der Waals surface area contributed by atoms with Gasteiger partial charge >= 0.3 is 6.09 Å². The molecule has 0 heterocycles. The first kappa shape index (κ1) is 16.0. The topological polar surface area (TPSA) is 81.7 Å². The first-order valence-corrected chi connectivity index (χ1v) is 8.37. The van der Waals surface area contributed by atoms with Crippen molar-refractivity contribution < 1.29 is 22.1 Å². The van der Waals surface area contributed by atoms with Gasteiger partial charge in [0.2, 0.25) is 0 Å². The molecule has 0 saturated heterocycles. The second-order valence-corrected chi connectivity index (χ2v) is 8.96. The van der Waals surface area contributed by atoms with Crippen molar-refractivity contribution in [3.63, 3.8) is 0 Å². The Hall–Kier alpha value is -0.0900. The molecule has 18 heavy (non-hydrogen) atoms. The summed E-state index contributed by atoms with van der Waals surface area (Å²) in [6.07, 6.45) is 1.41. The van der Waals surface area contributed by atoms with Crippen molar-refractivity contribution in [2.75, 3.05) is 6.26 Å². The van der Waals surface area contributed by atoms with Gasteiger partial charge in [-0.25, -0.2) is 4.79 Å². The van der Waals surface area contributed by atoms with Crippen LogP contribution in [0.3, 0.4) is 0 Å². The molecule has 1 N–H and O–H groups in total. The molecule has 106 valence electrons. The number of alkyl halides is 1. The minimum absolute atomic E-state index is 0.113. The average Bonchev–Trinajstić information content (AvgIpc) is 1.91. The molecular weight excluding hydrogens is 373 g/mol. The average molecular weight is 391 g/mol. The lowest BCUT2D eigenvalue weighted by Gasteiger charge is -2.42. The zero-order chi connectivity index (χ0) is 14.2. The normalized spacial score (nSPS) is 28.4. The van der Waals surface area contributed by atoms with Crippen molar-refractivity contribution in [3.05, 3.63) is 0 Å². The Morgan fingerprint density at radius 3 is 2.28 bits per heavy atom. The SMILES string of the molecule is CC(C)(C)OC(=O)NC1CC(I)(OS(C)(=O)=O)C1. The molecule has 0 atom stereocenters. The zero-order valence-electron chi connectivity index (χ0n) is 10.8. The Morgan fingerprint density at radius 1 is 1.39 bits per heavy atom. The summed E-state index contributed by atoms with van der Waals surface area (Å²) in [5.41, 5.74) is -0.543. The number of hydrogen-bond acceptors (Lipinski definition) is 5. The maximum absolute atomic E-state index is 11.5. The fourth-order valence-corrected chi connectivity index (χ4v) is 4.31. The standard InChI is InChI=1S/C10H18INO5S/c1-9(2,3)16-8(13)12-7-5-10(11,6-7)17-18(4,14)15/h7H,5-6H2,1-4H3,(H,12,13). The van der Waals surface area contributed by atoms with Crippen LogP contribution >= 0.6 is 22.6 Å². The van der Waals surface area contributed by atoms with Crippen LogP contribution in [-0.4, -0.2) is 36.0 Å². The van der Waals surface area contributed by atoms with Crippen molar-refractivity contribution in [1.29, 1.82) is 0 Å².